The SMILES string of the molecule is C.CC1(C)OB(C2=CCOCC2)OC1(C)C.Cc1cc(N)c(OC2CC2)cc1C1CCOCC1.Cc1cc([N+](=O)[O-])c(OC2CC2)cc1Br.Cc1cc([N+](=O)[O-])c(OC2CC2)cc1C1=CCOCC1. The van der Waals surface area contributed by atoms with Gasteiger partial charge in [-0.25, -0.2) is 0 Å². The average Bonchev–Trinajstić information content (AvgIpc) is 4.18. The van der Waals surface area contributed by atoms with E-state index in [0.29, 0.717) is 43.3 Å². The van der Waals surface area contributed by atoms with Crippen LogP contribution in [0.1, 0.15) is 133 Å². The van der Waals surface area contributed by atoms with Crippen molar-refractivity contribution in [2.75, 3.05) is 45.4 Å². The Labute approximate surface area is 416 Å². The minimum Gasteiger partial charge on any atom is -0.488 e. The van der Waals surface area contributed by atoms with E-state index in [9.17, 15) is 20.2 Å². The molecule has 0 unspecified atom stereocenters. The highest BCUT2D eigenvalue weighted by Crippen LogP contribution is 2.42. The molecule has 0 atom stereocenters. The second-order valence-corrected chi connectivity index (χ2v) is 20.4. The summed E-state index contributed by atoms with van der Waals surface area (Å²) in [7, 11) is -0.182. The fourth-order valence-corrected chi connectivity index (χ4v) is 8.36. The summed E-state index contributed by atoms with van der Waals surface area (Å²) >= 11 is 3.34. The second-order valence-electron chi connectivity index (χ2n) is 19.5. The van der Waals surface area contributed by atoms with Crippen LogP contribution in [0.25, 0.3) is 5.57 Å². The maximum Gasteiger partial charge on any atom is 0.490 e. The molecule has 4 aliphatic heterocycles. The van der Waals surface area contributed by atoms with E-state index >= 15 is 0 Å². The quantitative estimate of drug-likeness (QED) is 0.0828. The molecule has 0 aromatic heterocycles. The number of aryl methyl sites for hydroxylation is 3. The van der Waals surface area contributed by atoms with Gasteiger partial charge in [0.15, 0.2) is 11.5 Å². The Morgan fingerprint density at radius 2 is 1.14 bits per heavy atom. The molecule has 15 nitrogen and oxygen atoms in total. The summed E-state index contributed by atoms with van der Waals surface area (Å²) in [6.07, 6.45) is 15.1. The summed E-state index contributed by atoms with van der Waals surface area (Å²) < 4.78 is 45.8. The maximum absolute atomic E-state index is 11.2. The number of nitrogens with two attached hydrogens (primary N) is 1. The van der Waals surface area contributed by atoms with Crippen molar-refractivity contribution >= 4 is 45.7 Å². The number of nitrogen functional groups attached to an aromatic ring is 1. The van der Waals surface area contributed by atoms with Crippen molar-refractivity contribution < 1.29 is 47.6 Å². The third-order valence-electron chi connectivity index (χ3n) is 13.3. The molecule has 2 N–H and O–H groups in total. The number of benzene rings is 3. The van der Waals surface area contributed by atoms with Crippen LogP contribution in [-0.4, -0.2) is 86.1 Å². The number of rotatable bonds is 11. The van der Waals surface area contributed by atoms with Crippen LogP contribution >= 0.6 is 15.9 Å². The molecule has 5 fully saturated rings. The van der Waals surface area contributed by atoms with Crippen LogP contribution in [-0.2, 0) is 23.5 Å². The highest BCUT2D eigenvalue weighted by atomic mass is 79.9. The number of anilines is 1. The summed E-state index contributed by atoms with van der Waals surface area (Å²) in [5.74, 6) is 2.23. The number of ether oxygens (including phenoxy) is 6. The monoisotopic (exact) mass is 1020 g/mol. The van der Waals surface area contributed by atoms with Gasteiger partial charge in [0, 0.05) is 35.9 Å². The minimum atomic E-state index is -0.406. The lowest BCUT2D eigenvalue weighted by Gasteiger charge is -2.32. The van der Waals surface area contributed by atoms with Crippen molar-refractivity contribution in [3.63, 3.8) is 0 Å². The second kappa shape index (κ2) is 23.6. The lowest BCUT2D eigenvalue weighted by atomic mass is 9.75. The van der Waals surface area contributed by atoms with Gasteiger partial charge in [0.1, 0.15) is 5.75 Å². The zero-order chi connectivity index (χ0) is 48.8. The fraction of sp³-hybridized carbons (Fsp3) is 0.577. The molecule has 0 radical (unpaired) electrons. The van der Waals surface area contributed by atoms with Crippen molar-refractivity contribution in [2.24, 2.45) is 0 Å². The molecule has 17 heteroatoms. The van der Waals surface area contributed by atoms with Gasteiger partial charge in [0.2, 0.25) is 0 Å². The van der Waals surface area contributed by atoms with E-state index in [-0.39, 0.29) is 54.3 Å². The summed E-state index contributed by atoms with van der Waals surface area (Å²) in [5.41, 5.74) is 14.3. The maximum atomic E-state index is 11.2. The number of hydrogen-bond acceptors (Lipinski definition) is 13. The number of halogens is 1. The van der Waals surface area contributed by atoms with Crippen LogP contribution in [0.5, 0.6) is 17.2 Å². The summed E-state index contributed by atoms with van der Waals surface area (Å²) in [6.45, 7) is 18.7. The third kappa shape index (κ3) is 14.8. The Morgan fingerprint density at radius 3 is 1.64 bits per heavy atom. The molecule has 3 aliphatic carbocycles. The van der Waals surface area contributed by atoms with E-state index in [2.05, 4.69) is 68.8 Å². The summed E-state index contributed by atoms with van der Waals surface area (Å²) in [4.78, 5) is 21.2. The minimum absolute atomic E-state index is 0. The molecule has 69 heavy (non-hydrogen) atoms. The number of nitrogens with zero attached hydrogens (tertiary/aromatic N) is 2. The predicted octanol–water partition coefficient (Wildman–Crippen LogP) is 12.1. The number of hydrogen-bond donors (Lipinski definition) is 1. The standard InChI is InChI=1S/C15H17NO4.C15H21NO2.C11H19BO3.C10H10BrNO3.CH4/c1-10-8-14(16(17)18)15(20-12-2-3-12)9-13(10)11-4-6-19-7-5-11;1-10-8-14(16)15(18-12-2-3-12)9-13(10)11-4-6-17-7-5-11;1-10(2)11(3,4)15-12(14-10)9-5-7-13-8-6-9;1-6-4-9(12(13)14)10(5-8(6)11)15-7-2-3-7;/h4,8-9,12H,2-3,5-7H2,1H3;8-9,11-12H,2-7,16H2,1H3;5H,6-8H2,1-4H3;4-5,7H,2-3H2,1H3;1H4. The number of nitro benzene ring substituents is 2. The van der Waals surface area contributed by atoms with Gasteiger partial charge in [-0.2, -0.15) is 0 Å². The topological polar surface area (TPSA) is 186 Å². The first-order valence-electron chi connectivity index (χ1n) is 24.0. The molecule has 4 heterocycles. The van der Waals surface area contributed by atoms with Crippen molar-refractivity contribution in [3.05, 3.63) is 107 Å². The van der Waals surface area contributed by atoms with Crippen LogP contribution in [0.4, 0.5) is 17.1 Å². The fourth-order valence-electron chi connectivity index (χ4n) is 8.04. The largest absolute Gasteiger partial charge is 0.490 e. The smallest absolute Gasteiger partial charge is 0.488 e. The Bertz CT molecular complexity index is 2340. The summed E-state index contributed by atoms with van der Waals surface area (Å²) in [5, 5.41) is 22.0. The molecule has 3 saturated carbocycles. The van der Waals surface area contributed by atoms with Crippen molar-refractivity contribution in [1.82, 2.24) is 0 Å². The van der Waals surface area contributed by atoms with Crippen LogP contribution in [0.3, 0.4) is 0 Å². The van der Waals surface area contributed by atoms with E-state index < -0.39 is 4.92 Å². The normalized spacial score (nSPS) is 20.4. The first-order valence-corrected chi connectivity index (χ1v) is 24.8. The molecule has 3 aromatic rings. The first kappa shape index (κ1) is 53.8. The Hall–Kier alpha value is -4.52. The molecule has 0 spiro atoms. The van der Waals surface area contributed by atoms with Crippen LogP contribution in [0.15, 0.2) is 58.5 Å². The van der Waals surface area contributed by atoms with E-state index in [1.54, 1.807) is 12.1 Å². The predicted molar refractivity (Wildman–Crippen MR) is 272 cm³/mol. The van der Waals surface area contributed by atoms with Crippen LogP contribution in [0.2, 0.25) is 0 Å². The average molecular weight is 1020 g/mol. The Morgan fingerprint density at radius 1 is 0.638 bits per heavy atom. The van der Waals surface area contributed by atoms with E-state index in [1.165, 1.54) is 41.1 Å². The highest BCUT2D eigenvalue weighted by molar-refractivity contribution is 9.10. The van der Waals surface area contributed by atoms with E-state index in [1.807, 2.05) is 26.0 Å². The van der Waals surface area contributed by atoms with Gasteiger partial charge < -0.3 is 43.5 Å². The van der Waals surface area contributed by atoms with Crippen molar-refractivity contribution in [1.29, 1.82) is 0 Å². The van der Waals surface area contributed by atoms with Crippen molar-refractivity contribution in [3.8, 4) is 17.2 Å². The van der Waals surface area contributed by atoms with Gasteiger partial charge in [-0.05, 0) is 176 Å². The zero-order valence-electron chi connectivity index (χ0n) is 40.6. The highest BCUT2D eigenvalue weighted by Gasteiger charge is 2.52. The lowest BCUT2D eigenvalue weighted by molar-refractivity contribution is -0.386. The molecule has 2 saturated heterocycles. The van der Waals surface area contributed by atoms with Gasteiger partial charge in [0.25, 0.3) is 0 Å². The van der Waals surface area contributed by atoms with Gasteiger partial charge in [-0.3, -0.25) is 20.2 Å². The Balaban J connectivity index is 0.000000152. The summed E-state index contributed by atoms with van der Waals surface area (Å²) in [6, 6.07) is 10.9. The molecule has 0 bridgehead atoms. The molecular formula is C52H71BBrN3O12. The van der Waals surface area contributed by atoms with Gasteiger partial charge in [0.05, 0.1) is 71.5 Å². The van der Waals surface area contributed by atoms with Gasteiger partial charge in [-0.15, -0.1) is 0 Å². The molecule has 0 amide bonds. The number of nitro groups is 2. The Kier molecular flexibility index (Phi) is 18.4. The van der Waals surface area contributed by atoms with Crippen LogP contribution in [0, 0.1) is 41.0 Å². The molecule has 376 valence electrons. The lowest BCUT2D eigenvalue weighted by Crippen LogP contribution is -2.41. The first-order chi connectivity index (χ1) is 32.4. The molecular weight excluding hydrogens is 949 g/mol. The van der Waals surface area contributed by atoms with E-state index in [0.717, 1.165) is 104 Å². The third-order valence-corrected chi connectivity index (χ3v) is 14.2. The molecule has 7 aliphatic rings. The van der Waals surface area contributed by atoms with Crippen molar-refractivity contribution in [2.45, 2.75) is 156 Å². The van der Waals surface area contributed by atoms with Gasteiger partial charge in [-0.1, -0.05) is 35.5 Å². The van der Waals surface area contributed by atoms with E-state index in [4.69, 9.17) is 43.5 Å². The van der Waals surface area contributed by atoms with Gasteiger partial charge >= 0.3 is 18.5 Å². The van der Waals surface area contributed by atoms with Crippen LogP contribution < -0.4 is 19.9 Å². The molecule has 3 aromatic carbocycles. The zero-order valence-corrected chi connectivity index (χ0v) is 42.2. The molecule has 10 rings (SSSR count).